The lowest BCUT2D eigenvalue weighted by atomic mass is 10.1. The Morgan fingerprint density at radius 3 is 2.44 bits per heavy atom. The summed E-state index contributed by atoms with van der Waals surface area (Å²) < 4.78 is 0. The van der Waals surface area contributed by atoms with E-state index in [1.54, 1.807) is 13.0 Å². The minimum atomic E-state index is -0.605. The number of hydrogen-bond acceptors (Lipinski definition) is 2. The highest BCUT2D eigenvalue weighted by molar-refractivity contribution is 6.36. The second-order valence-corrected chi connectivity index (χ2v) is 5.87. The van der Waals surface area contributed by atoms with Crippen LogP contribution in [0.15, 0.2) is 12.1 Å². The molecule has 0 spiro atoms. The molecule has 2 nitrogen and oxygen atoms in total. The predicted molar refractivity (Wildman–Crippen MR) is 77.8 cm³/mol. The van der Waals surface area contributed by atoms with Crippen molar-refractivity contribution >= 4 is 28.9 Å². The van der Waals surface area contributed by atoms with Gasteiger partial charge in [-0.15, -0.1) is 0 Å². The number of rotatable bonds is 3. The minimum Gasteiger partial charge on any atom is -0.389 e. The van der Waals surface area contributed by atoms with E-state index in [1.807, 2.05) is 6.07 Å². The first-order chi connectivity index (χ1) is 8.50. The van der Waals surface area contributed by atoms with Crippen molar-refractivity contribution in [3.05, 3.63) is 27.7 Å². The third-order valence-electron chi connectivity index (χ3n) is 3.75. The lowest BCUT2D eigenvalue weighted by Crippen LogP contribution is -2.29. The van der Waals surface area contributed by atoms with Crippen molar-refractivity contribution < 1.29 is 5.11 Å². The molecule has 1 aromatic carbocycles. The summed E-state index contributed by atoms with van der Waals surface area (Å²) >= 11 is 12.5. The molecule has 4 heteroatoms. The fraction of sp³-hybridized carbons (Fsp3) is 0.571. The van der Waals surface area contributed by atoms with Gasteiger partial charge in [-0.3, -0.25) is 0 Å². The van der Waals surface area contributed by atoms with E-state index in [0.29, 0.717) is 21.7 Å². The molecule has 1 N–H and O–H groups in total. The van der Waals surface area contributed by atoms with Crippen LogP contribution in [-0.4, -0.2) is 18.2 Å². The average Bonchev–Trinajstić information content (AvgIpc) is 2.84. The third-order valence-corrected chi connectivity index (χ3v) is 4.38. The number of halogens is 2. The molecule has 18 heavy (non-hydrogen) atoms. The summed E-state index contributed by atoms with van der Waals surface area (Å²) in [5.74, 6) is 0. The van der Waals surface area contributed by atoms with Crippen molar-refractivity contribution in [3.8, 4) is 0 Å². The van der Waals surface area contributed by atoms with Crippen molar-refractivity contribution in [2.75, 3.05) is 11.9 Å². The molecule has 1 aliphatic carbocycles. The number of aliphatic hydroxyl groups excluding tert-OH is 1. The smallest absolute Gasteiger partial charge is 0.0777 e. The van der Waals surface area contributed by atoms with Crippen molar-refractivity contribution in [3.63, 3.8) is 0 Å². The SMILES string of the molecule is CC(O)c1cc(Cl)cc(N(C)C2CCCC2)c1Cl. The second-order valence-electron chi connectivity index (χ2n) is 5.05. The van der Waals surface area contributed by atoms with Gasteiger partial charge in [0.2, 0.25) is 0 Å². The van der Waals surface area contributed by atoms with Gasteiger partial charge in [0.05, 0.1) is 16.8 Å². The molecule has 0 amide bonds. The Morgan fingerprint density at radius 1 is 1.28 bits per heavy atom. The number of anilines is 1. The van der Waals surface area contributed by atoms with Crippen molar-refractivity contribution in [2.45, 2.75) is 44.8 Å². The highest BCUT2D eigenvalue weighted by atomic mass is 35.5. The minimum absolute atomic E-state index is 0.530. The maximum atomic E-state index is 9.74. The van der Waals surface area contributed by atoms with Crippen LogP contribution < -0.4 is 4.90 Å². The molecular weight excluding hydrogens is 269 g/mol. The highest BCUT2D eigenvalue weighted by Gasteiger charge is 2.23. The Hall–Kier alpha value is -0.440. The fourth-order valence-corrected chi connectivity index (χ4v) is 3.27. The number of hydrogen-bond donors (Lipinski definition) is 1. The van der Waals surface area contributed by atoms with E-state index in [0.717, 1.165) is 5.69 Å². The van der Waals surface area contributed by atoms with Gasteiger partial charge in [0.1, 0.15) is 0 Å². The van der Waals surface area contributed by atoms with E-state index in [-0.39, 0.29) is 0 Å². The molecule has 1 unspecified atom stereocenters. The van der Waals surface area contributed by atoms with Crippen LogP contribution in [0.25, 0.3) is 0 Å². The second kappa shape index (κ2) is 5.68. The van der Waals surface area contributed by atoms with E-state index in [2.05, 4.69) is 11.9 Å². The largest absolute Gasteiger partial charge is 0.389 e. The van der Waals surface area contributed by atoms with Gasteiger partial charge in [0.15, 0.2) is 0 Å². The van der Waals surface area contributed by atoms with E-state index in [4.69, 9.17) is 23.2 Å². The molecule has 0 heterocycles. The normalized spacial score (nSPS) is 18.1. The zero-order chi connectivity index (χ0) is 13.3. The van der Waals surface area contributed by atoms with Gasteiger partial charge in [0, 0.05) is 23.7 Å². The molecule has 1 atom stereocenters. The van der Waals surface area contributed by atoms with Gasteiger partial charge in [-0.05, 0) is 31.9 Å². The van der Waals surface area contributed by atoms with Gasteiger partial charge in [-0.1, -0.05) is 36.0 Å². The van der Waals surface area contributed by atoms with Crippen molar-refractivity contribution in [1.82, 2.24) is 0 Å². The lowest BCUT2D eigenvalue weighted by Gasteiger charge is -2.28. The summed E-state index contributed by atoms with van der Waals surface area (Å²) in [6.07, 6.45) is 4.34. The Kier molecular flexibility index (Phi) is 4.41. The van der Waals surface area contributed by atoms with E-state index in [1.165, 1.54) is 25.7 Å². The monoisotopic (exact) mass is 287 g/mol. The highest BCUT2D eigenvalue weighted by Crippen LogP contribution is 2.38. The Labute approximate surface area is 119 Å². The molecule has 1 aliphatic rings. The molecule has 100 valence electrons. The van der Waals surface area contributed by atoms with Crippen LogP contribution in [0.4, 0.5) is 5.69 Å². The lowest BCUT2D eigenvalue weighted by molar-refractivity contribution is 0.199. The predicted octanol–water partition coefficient (Wildman–Crippen LogP) is 4.43. The van der Waals surface area contributed by atoms with Crippen LogP contribution in [0, 0.1) is 0 Å². The van der Waals surface area contributed by atoms with Crippen LogP contribution in [0.2, 0.25) is 10.0 Å². The summed E-state index contributed by atoms with van der Waals surface area (Å²) in [6.45, 7) is 1.71. The third kappa shape index (κ3) is 2.76. The summed E-state index contributed by atoms with van der Waals surface area (Å²) in [6, 6.07) is 4.15. The molecule has 0 saturated heterocycles. The first kappa shape index (κ1) is 14.0. The first-order valence-electron chi connectivity index (χ1n) is 6.40. The number of benzene rings is 1. The van der Waals surface area contributed by atoms with Crippen LogP contribution in [0.1, 0.15) is 44.3 Å². The van der Waals surface area contributed by atoms with Gasteiger partial charge in [-0.25, -0.2) is 0 Å². The van der Waals surface area contributed by atoms with Crippen molar-refractivity contribution in [1.29, 1.82) is 0 Å². The zero-order valence-corrected chi connectivity index (χ0v) is 12.3. The summed E-state index contributed by atoms with van der Waals surface area (Å²) in [4.78, 5) is 2.20. The zero-order valence-electron chi connectivity index (χ0n) is 10.8. The Morgan fingerprint density at radius 2 is 1.89 bits per heavy atom. The summed E-state index contributed by atoms with van der Waals surface area (Å²) in [7, 11) is 2.05. The maximum Gasteiger partial charge on any atom is 0.0777 e. The first-order valence-corrected chi connectivity index (χ1v) is 7.16. The molecule has 1 aromatic rings. The molecule has 1 saturated carbocycles. The van der Waals surface area contributed by atoms with Crippen molar-refractivity contribution in [2.24, 2.45) is 0 Å². The topological polar surface area (TPSA) is 23.5 Å². The Bertz CT molecular complexity index is 428. The number of nitrogens with zero attached hydrogens (tertiary/aromatic N) is 1. The van der Waals surface area contributed by atoms with Crippen LogP contribution in [-0.2, 0) is 0 Å². The molecule has 2 rings (SSSR count). The quantitative estimate of drug-likeness (QED) is 0.889. The maximum absolute atomic E-state index is 9.74. The molecule has 1 fully saturated rings. The summed E-state index contributed by atoms with van der Waals surface area (Å²) in [5.41, 5.74) is 1.62. The molecule has 0 bridgehead atoms. The standard InChI is InChI=1S/C14H19Cl2NO/c1-9(18)12-7-10(15)8-13(14(12)16)17(2)11-5-3-4-6-11/h7-9,11,18H,3-6H2,1-2H3. The average molecular weight is 288 g/mol. The fourth-order valence-electron chi connectivity index (χ4n) is 2.64. The van der Waals surface area contributed by atoms with E-state index >= 15 is 0 Å². The summed E-state index contributed by atoms with van der Waals surface area (Å²) in [5, 5.41) is 11.0. The van der Waals surface area contributed by atoms with Crippen LogP contribution >= 0.6 is 23.2 Å². The molecule has 0 aromatic heterocycles. The molecule has 0 aliphatic heterocycles. The van der Waals surface area contributed by atoms with Gasteiger partial charge >= 0.3 is 0 Å². The van der Waals surface area contributed by atoms with E-state index < -0.39 is 6.10 Å². The molecular formula is C14H19Cl2NO. The van der Waals surface area contributed by atoms with Crippen LogP contribution in [0.5, 0.6) is 0 Å². The number of aliphatic hydroxyl groups is 1. The Balaban J connectivity index is 2.37. The molecule has 0 radical (unpaired) electrons. The van der Waals surface area contributed by atoms with Gasteiger partial charge in [-0.2, -0.15) is 0 Å². The van der Waals surface area contributed by atoms with Crippen LogP contribution in [0.3, 0.4) is 0 Å². The van der Waals surface area contributed by atoms with E-state index in [9.17, 15) is 5.11 Å². The van der Waals surface area contributed by atoms with Gasteiger partial charge < -0.3 is 10.0 Å². The van der Waals surface area contributed by atoms with Gasteiger partial charge in [0.25, 0.3) is 0 Å².